The second-order valence-electron chi connectivity index (χ2n) is 8.47. The average molecular weight is 386 g/mol. The van der Waals surface area contributed by atoms with E-state index in [0.717, 1.165) is 38.8 Å². The molecule has 2 saturated heterocycles. The lowest BCUT2D eigenvalue weighted by molar-refractivity contribution is -0.143. The number of ether oxygens (including phenoxy) is 1. The third-order valence-electron chi connectivity index (χ3n) is 6.41. The van der Waals surface area contributed by atoms with E-state index in [-0.39, 0.29) is 24.0 Å². The molecular formula is C22H31N3O3. The van der Waals surface area contributed by atoms with Crippen molar-refractivity contribution in [3.8, 4) is 5.75 Å². The van der Waals surface area contributed by atoms with E-state index < -0.39 is 0 Å². The van der Waals surface area contributed by atoms with Crippen LogP contribution in [0.3, 0.4) is 0 Å². The summed E-state index contributed by atoms with van der Waals surface area (Å²) in [4.78, 5) is 34.1. The number of rotatable bonds is 5. The van der Waals surface area contributed by atoms with Gasteiger partial charge in [0.05, 0.1) is 12.7 Å². The van der Waals surface area contributed by atoms with Crippen molar-refractivity contribution in [3.63, 3.8) is 0 Å². The first-order valence-corrected chi connectivity index (χ1v) is 10.9. The third kappa shape index (κ3) is 4.47. The molecule has 0 aromatic carbocycles. The molecule has 28 heavy (non-hydrogen) atoms. The van der Waals surface area contributed by atoms with Crippen LogP contribution in [-0.4, -0.2) is 58.4 Å². The van der Waals surface area contributed by atoms with E-state index in [9.17, 15) is 9.59 Å². The number of aromatic nitrogens is 1. The van der Waals surface area contributed by atoms with E-state index in [1.54, 1.807) is 12.4 Å². The highest BCUT2D eigenvalue weighted by Crippen LogP contribution is 2.30. The molecule has 0 unspecified atom stereocenters. The van der Waals surface area contributed by atoms with Gasteiger partial charge in [-0.25, -0.2) is 0 Å². The van der Waals surface area contributed by atoms with Gasteiger partial charge in [-0.1, -0.05) is 19.3 Å². The Morgan fingerprint density at radius 2 is 1.89 bits per heavy atom. The van der Waals surface area contributed by atoms with Crippen LogP contribution in [0.5, 0.6) is 5.75 Å². The predicted octanol–water partition coefficient (Wildman–Crippen LogP) is 3.02. The van der Waals surface area contributed by atoms with Gasteiger partial charge < -0.3 is 14.5 Å². The molecule has 6 nitrogen and oxygen atoms in total. The molecule has 1 aromatic rings. The number of pyridine rings is 1. The van der Waals surface area contributed by atoms with Crippen LogP contribution in [0, 0.1) is 5.92 Å². The van der Waals surface area contributed by atoms with Gasteiger partial charge in [-0.3, -0.25) is 14.6 Å². The van der Waals surface area contributed by atoms with Gasteiger partial charge in [0, 0.05) is 32.1 Å². The lowest BCUT2D eigenvalue weighted by Gasteiger charge is -2.29. The zero-order valence-corrected chi connectivity index (χ0v) is 16.6. The minimum absolute atomic E-state index is 0.104. The van der Waals surface area contributed by atoms with Gasteiger partial charge in [-0.2, -0.15) is 0 Å². The van der Waals surface area contributed by atoms with E-state index in [0.29, 0.717) is 31.1 Å². The van der Waals surface area contributed by atoms with Gasteiger partial charge in [0.1, 0.15) is 17.9 Å². The molecule has 0 N–H and O–H groups in total. The number of carbonyl (C=O) groups excluding carboxylic acids is 2. The molecule has 2 atom stereocenters. The summed E-state index contributed by atoms with van der Waals surface area (Å²) in [6, 6.07) is 3.33. The van der Waals surface area contributed by atoms with Crippen LogP contribution in [0.25, 0.3) is 0 Å². The van der Waals surface area contributed by atoms with Crippen LogP contribution in [0.4, 0.5) is 0 Å². The van der Waals surface area contributed by atoms with Crippen molar-refractivity contribution >= 4 is 11.8 Å². The monoisotopic (exact) mass is 385 g/mol. The number of amides is 2. The molecule has 3 fully saturated rings. The molecule has 1 aromatic heterocycles. The molecule has 2 amide bonds. The quantitative estimate of drug-likeness (QED) is 0.782. The standard InChI is InChI=1S/C22H31N3O3/c26-21(13-17-7-2-1-3-8-17)25-16-19(28-18-9-6-10-23-15-18)14-20(25)22(27)24-11-4-5-12-24/h6,9-10,15,17,19-20H,1-5,7-8,11-14,16H2/t19-,20-/m0/s1. The van der Waals surface area contributed by atoms with Crippen LogP contribution >= 0.6 is 0 Å². The molecule has 0 radical (unpaired) electrons. The fourth-order valence-electron chi connectivity index (χ4n) is 4.91. The Hall–Kier alpha value is -2.11. The van der Waals surface area contributed by atoms with Crippen LogP contribution in [-0.2, 0) is 9.59 Å². The zero-order chi connectivity index (χ0) is 19.3. The molecule has 3 heterocycles. The summed E-state index contributed by atoms with van der Waals surface area (Å²) in [6.45, 7) is 2.12. The van der Waals surface area contributed by atoms with E-state index in [2.05, 4.69) is 4.98 Å². The Morgan fingerprint density at radius 3 is 2.61 bits per heavy atom. The second kappa shape index (κ2) is 8.93. The summed E-state index contributed by atoms with van der Waals surface area (Å²) in [5.74, 6) is 1.40. The van der Waals surface area contributed by atoms with E-state index in [1.807, 2.05) is 21.9 Å². The zero-order valence-electron chi connectivity index (χ0n) is 16.6. The molecule has 0 bridgehead atoms. The number of nitrogens with zero attached hydrogens (tertiary/aromatic N) is 3. The molecule has 6 heteroatoms. The largest absolute Gasteiger partial charge is 0.487 e. The first-order chi connectivity index (χ1) is 13.7. The topological polar surface area (TPSA) is 62.7 Å². The van der Waals surface area contributed by atoms with Crippen LogP contribution in [0.2, 0.25) is 0 Å². The fourth-order valence-corrected chi connectivity index (χ4v) is 4.91. The Bertz CT molecular complexity index is 669. The maximum Gasteiger partial charge on any atom is 0.245 e. The van der Waals surface area contributed by atoms with Crippen molar-refractivity contribution in [2.75, 3.05) is 19.6 Å². The Balaban J connectivity index is 1.45. The summed E-state index contributed by atoms with van der Waals surface area (Å²) in [6.07, 6.45) is 12.5. The van der Waals surface area contributed by atoms with Crippen LogP contribution < -0.4 is 4.74 Å². The van der Waals surface area contributed by atoms with Gasteiger partial charge in [0.2, 0.25) is 11.8 Å². The van der Waals surface area contributed by atoms with Gasteiger partial charge in [-0.05, 0) is 43.7 Å². The van der Waals surface area contributed by atoms with Crippen molar-refractivity contribution in [2.45, 2.75) is 69.9 Å². The van der Waals surface area contributed by atoms with Crippen molar-refractivity contribution in [3.05, 3.63) is 24.5 Å². The first kappa shape index (κ1) is 19.2. The van der Waals surface area contributed by atoms with Crippen molar-refractivity contribution in [2.24, 2.45) is 5.92 Å². The first-order valence-electron chi connectivity index (χ1n) is 10.9. The molecule has 4 rings (SSSR count). The minimum atomic E-state index is -0.379. The molecule has 1 saturated carbocycles. The SMILES string of the molecule is O=C([C@@H]1C[C@H](Oc2cccnc2)CN1C(=O)CC1CCCCC1)N1CCCC1. The third-order valence-corrected chi connectivity index (χ3v) is 6.41. The highest BCUT2D eigenvalue weighted by molar-refractivity contribution is 5.88. The van der Waals surface area contributed by atoms with E-state index in [1.165, 1.54) is 19.3 Å². The number of likely N-dealkylation sites (tertiary alicyclic amines) is 2. The van der Waals surface area contributed by atoms with E-state index in [4.69, 9.17) is 4.74 Å². The normalized spacial score (nSPS) is 25.9. The lowest BCUT2D eigenvalue weighted by atomic mass is 9.86. The summed E-state index contributed by atoms with van der Waals surface area (Å²) < 4.78 is 6.06. The van der Waals surface area contributed by atoms with Gasteiger partial charge in [0.15, 0.2) is 0 Å². The average Bonchev–Trinajstić information content (AvgIpc) is 3.39. The maximum absolute atomic E-state index is 13.1. The number of carbonyl (C=O) groups is 2. The summed E-state index contributed by atoms with van der Waals surface area (Å²) in [5, 5.41) is 0. The fraction of sp³-hybridized carbons (Fsp3) is 0.682. The van der Waals surface area contributed by atoms with E-state index >= 15 is 0 Å². The Kier molecular flexibility index (Phi) is 6.13. The summed E-state index contributed by atoms with van der Waals surface area (Å²) >= 11 is 0. The highest BCUT2D eigenvalue weighted by atomic mass is 16.5. The second-order valence-corrected chi connectivity index (χ2v) is 8.47. The molecule has 2 aliphatic heterocycles. The lowest BCUT2D eigenvalue weighted by Crippen LogP contribution is -2.47. The van der Waals surface area contributed by atoms with Gasteiger partial charge in [0.25, 0.3) is 0 Å². The van der Waals surface area contributed by atoms with Crippen molar-refractivity contribution in [1.29, 1.82) is 0 Å². The predicted molar refractivity (Wildman–Crippen MR) is 106 cm³/mol. The molecular weight excluding hydrogens is 354 g/mol. The molecule has 3 aliphatic rings. The maximum atomic E-state index is 13.1. The highest BCUT2D eigenvalue weighted by Gasteiger charge is 2.43. The number of hydrogen-bond acceptors (Lipinski definition) is 4. The van der Waals surface area contributed by atoms with Crippen LogP contribution in [0.1, 0.15) is 57.8 Å². The van der Waals surface area contributed by atoms with Crippen LogP contribution in [0.15, 0.2) is 24.5 Å². The summed E-state index contributed by atoms with van der Waals surface area (Å²) in [7, 11) is 0. The number of hydrogen-bond donors (Lipinski definition) is 0. The molecule has 0 spiro atoms. The Morgan fingerprint density at radius 1 is 1.11 bits per heavy atom. The van der Waals surface area contributed by atoms with Crippen molar-refractivity contribution < 1.29 is 14.3 Å². The van der Waals surface area contributed by atoms with Crippen molar-refractivity contribution in [1.82, 2.24) is 14.8 Å². The Labute approximate surface area is 167 Å². The minimum Gasteiger partial charge on any atom is -0.487 e. The van der Waals surface area contributed by atoms with Gasteiger partial charge >= 0.3 is 0 Å². The molecule has 152 valence electrons. The smallest absolute Gasteiger partial charge is 0.245 e. The summed E-state index contributed by atoms with van der Waals surface area (Å²) in [5.41, 5.74) is 0. The van der Waals surface area contributed by atoms with Gasteiger partial charge in [-0.15, -0.1) is 0 Å². The molecule has 1 aliphatic carbocycles.